The third kappa shape index (κ3) is 5.13. The third-order valence-corrected chi connectivity index (χ3v) is 4.70. The van der Waals surface area contributed by atoms with Gasteiger partial charge >= 0.3 is 0 Å². The van der Waals surface area contributed by atoms with Crippen molar-refractivity contribution in [2.45, 2.75) is 4.90 Å². The van der Waals surface area contributed by atoms with Crippen LogP contribution >= 0.6 is 12.4 Å². The SMILES string of the molecule is Cl.O=C(NCCNS(=O)(=O)c1ccc([N+](=O)[O-])cc1)C1CNC1. The van der Waals surface area contributed by atoms with E-state index in [1.165, 1.54) is 12.1 Å². The van der Waals surface area contributed by atoms with E-state index in [0.717, 1.165) is 12.1 Å². The van der Waals surface area contributed by atoms with Crippen molar-refractivity contribution in [3.05, 3.63) is 34.4 Å². The van der Waals surface area contributed by atoms with Crippen LogP contribution in [0.15, 0.2) is 29.2 Å². The Kier molecular flexibility index (Phi) is 6.88. The van der Waals surface area contributed by atoms with Crippen LogP contribution in [0.5, 0.6) is 0 Å². The molecule has 0 unspecified atom stereocenters. The topological polar surface area (TPSA) is 130 Å². The molecule has 128 valence electrons. The zero-order valence-corrected chi connectivity index (χ0v) is 13.7. The van der Waals surface area contributed by atoms with E-state index in [1.54, 1.807) is 0 Å². The average molecular weight is 365 g/mol. The largest absolute Gasteiger partial charge is 0.354 e. The second-order valence-electron chi connectivity index (χ2n) is 4.79. The molecule has 1 fully saturated rings. The van der Waals surface area contributed by atoms with Crippen LogP contribution in [0.3, 0.4) is 0 Å². The highest BCUT2D eigenvalue weighted by molar-refractivity contribution is 7.89. The number of non-ortho nitro benzene ring substituents is 1. The van der Waals surface area contributed by atoms with E-state index in [-0.39, 0.29) is 47.9 Å². The summed E-state index contributed by atoms with van der Waals surface area (Å²) >= 11 is 0. The second-order valence-corrected chi connectivity index (χ2v) is 6.56. The Bertz CT molecular complexity index is 661. The van der Waals surface area contributed by atoms with E-state index in [1.807, 2.05) is 0 Å². The second kappa shape index (κ2) is 8.20. The van der Waals surface area contributed by atoms with Gasteiger partial charge in [-0.3, -0.25) is 14.9 Å². The van der Waals surface area contributed by atoms with Gasteiger partial charge in [0.15, 0.2) is 0 Å². The fraction of sp³-hybridized carbons (Fsp3) is 0.417. The molecule has 0 saturated carbocycles. The van der Waals surface area contributed by atoms with Crippen LogP contribution < -0.4 is 15.4 Å². The molecule has 0 bridgehead atoms. The van der Waals surface area contributed by atoms with E-state index in [2.05, 4.69) is 15.4 Å². The monoisotopic (exact) mass is 364 g/mol. The minimum absolute atomic E-state index is 0. The molecule has 1 aromatic rings. The highest BCUT2D eigenvalue weighted by Gasteiger charge is 2.24. The molecular formula is C12H17ClN4O5S. The molecule has 11 heteroatoms. The predicted octanol–water partition coefficient (Wildman–Crippen LogP) is -0.369. The Morgan fingerprint density at radius 1 is 1.26 bits per heavy atom. The number of nitrogens with one attached hydrogen (secondary N) is 3. The van der Waals surface area contributed by atoms with Gasteiger partial charge in [-0.25, -0.2) is 13.1 Å². The molecule has 1 heterocycles. The van der Waals surface area contributed by atoms with Crippen LogP contribution in [0.2, 0.25) is 0 Å². The van der Waals surface area contributed by atoms with Gasteiger partial charge in [0.1, 0.15) is 0 Å². The maximum atomic E-state index is 12.0. The fourth-order valence-electron chi connectivity index (χ4n) is 1.82. The molecule has 23 heavy (non-hydrogen) atoms. The lowest BCUT2D eigenvalue weighted by Gasteiger charge is -2.25. The van der Waals surface area contributed by atoms with Crippen LogP contribution in [0.1, 0.15) is 0 Å². The minimum Gasteiger partial charge on any atom is -0.354 e. The van der Waals surface area contributed by atoms with E-state index >= 15 is 0 Å². The Hall–Kier alpha value is -1.75. The summed E-state index contributed by atoms with van der Waals surface area (Å²) in [5, 5.41) is 16.1. The Morgan fingerprint density at radius 2 is 1.87 bits per heavy atom. The van der Waals surface area contributed by atoms with Crippen molar-refractivity contribution in [2.24, 2.45) is 5.92 Å². The van der Waals surface area contributed by atoms with E-state index in [9.17, 15) is 23.3 Å². The normalized spacial score (nSPS) is 14.4. The number of halogens is 1. The maximum Gasteiger partial charge on any atom is 0.269 e. The van der Waals surface area contributed by atoms with Gasteiger partial charge in [-0.2, -0.15) is 0 Å². The first-order valence-electron chi connectivity index (χ1n) is 6.63. The van der Waals surface area contributed by atoms with Gasteiger partial charge in [0.05, 0.1) is 15.7 Å². The Morgan fingerprint density at radius 3 is 2.35 bits per heavy atom. The first kappa shape index (κ1) is 19.3. The lowest BCUT2D eigenvalue weighted by atomic mass is 10.0. The molecule has 0 radical (unpaired) electrons. The number of nitrogens with zero attached hydrogens (tertiary/aromatic N) is 1. The van der Waals surface area contributed by atoms with Gasteiger partial charge in [-0.05, 0) is 12.1 Å². The number of hydrogen-bond donors (Lipinski definition) is 3. The molecule has 3 N–H and O–H groups in total. The maximum absolute atomic E-state index is 12.0. The van der Waals surface area contributed by atoms with Crippen LogP contribution in [0.4, 0.5) is 5.69 Å². The van der Waals surface area contributed by atoms with Crippen LogP contribution in [-0.4, -0.2) is 45.4 Å². The standard InChI is InChI=1S/C12H16N4O5S.ClH/c17-12(9-7-13-8-9)14-5-6-15-22(20,21)11-3-1-10(2-4-11)16(18)19;/h1-4,9,13,15H,5-8H2,(H,14,17);1H. The molecule has 2 rings (SSSR count). The van der Waals surface area contributed by atoms with Crippen LogP contribution in [0.25, 0.3) is 0 Å². The molecular weight excluding hydrogens is 348 g/mol. The summed E-state index contributed by atoms with van der Waals surface area (Å²) in [6, 6.07) is 4.58. The summed E-state index contributed by atoms with van der Waals surface area (Å²) in [6.07, 6.45) is 0. The van der Waals surface area contributed by atoms with Crippen molar-refractivity contribution in [2.75, 3.05) is 26.2 Å². The van der Waals surface area contributed by atoms with Gasteiger partial charge in [0.25, 0.3) is 5.69 Å². The fourth-order valence-corrected chi connectivity index (χ4v) is 2.85. The minimum atomic E-state index is -3.75. The van der Waals surface area contributed by atoms with E-state index in [0.29, 0.717) is 13.1 Å². The smallest absolute Gasteiger partial charge is 0.269 e. The lowest BCUT2D eigenvalue weighted by molar-refractivity contribution is -0.384. The predicted molar refractivity (Wildman–Crippen MR) is 84.9 cm³/mol. The molecule has 1 aliphatic rings. The number of hydrogen-bond acceptors (Lipinski definition) is 6. The van der Waals surface area contributed by atoms with Gasteiger partial charge in [-0.15, -0.1) is 12.4 Å². The number of rotatable bonds is 7. The lowest BCUT2D eigenvalue weighted by Crippen LogP contribution is -2.51. The quantitative estimate of drug-likeness (QED) is 0.344. The van der Waals surface area contributed by atoms with Crippen LogP contribution in [-0.2, 0) is 14.8 Å². The highest BCUT2D eigenvalue weighted by Crippen LogP contribution is 2.15. The molecule has 1 aliphatic heterocycles. The first-order valence-corrected chi connectivity index (χ1v) is 8.11. The summed E-state index contributed by atoms with van der Waals surface area (Å²) in [5.41, 5.74) is -0.180. The molecule has 0 spiro atoms. The summed E-state index contributed by atoms with van der Waals surface area (Å²) in [4.78, 5) is 21.4. The number of carbonyl (C=O) groups excluding carboxylic acids is 1. The van der Waals surface area contributed by atoms with Crippen molar-refractivity contribution in [3.63, 3.8) is 0 Å². The van der Waals surface area contributed by atoms with Gasteiger partial charge in [0, 0.05) is 38.3 Å². The van der Waals surface area contributed by atoms with Crippen molar-refractivity contribution < 1.29 is 18.1 Å². The molecule has 1 saturated heterocycles. The molecule has 0 aromatic heterocycles. The molecule has 0 atom stereocenters. The highest BCUT2D eigenvalue weighted by atomic mass is 35.5. The van der Waals surface area contributed by atoms with E-state index < -0.39 is 14.9 Å². The average Bonchev–Trinajstić information content (AvgIpc) is 2.42. The summed E-state index contributed by atoms with van der Waals surface area (Å²) < 4.78 is 26.2. The number of nitro benzene ring substituents is 1. The summed E-state index contributed by atoms with van der Waals surface area (Å²) in [6.45, 7) is 1.51. The number of benzene rings is 1. The van der Waals surface area contributed by atoms with Gasteiger partial charge in [-0.1, -0.05) is 0 Å². The van der Waals surface area contributed by atoms with Crippen molar-refractivity contribution in [3.8, 4) is 0 Å². The number of sulfonamides is 1. The first-order chi connectivity index (χ1) is 10.4. The summed E-state index contributed by atoms with van der Waals surface area (Å²) in [7, 11) is -3.75. The van der Waals surface area contributed by atoms with Crippen molar-refractivity contribution in [1.29, 1.82) is 0 Å². The van der Waals surface area contributed by atoms with E-state index in [4.69, 9.17) is 0 Å². The molecule has 0 aliphatic carbocycles. The Balaban J connectivity index is 0.00000264. The molecule has 1 aromatic carbocycles. The number of carbonyl (C=O) groups is 1. The zero-order chi connectivity index (χ0) is 16.2. The van der Waals surface area contributed by atoms with Gasteiger partial charge < -0.3 is 10.6 Å². The zero-order valence-electron chi connectivity index (χ0n) is 12.0. The van der Waals surface area contributed by atoms with Crippen molar-refractivity contribution in [1.82, 2.24) is 15.4 Å². The van der Waals surface area contributed by atoms with Crippen LogP contribution in [0, 0.1) is 16.0 Å². The van der Waals surface area contributed by atoms with Crippen molar-refractivity contribution >= 4 is 34.0 Å². The third-order valence-electron chi connectivity index (χ3n) is 3.23. The Labute approximate surface area is 139 Å². The summed E-state index contributed by atoms with van der Waals surface area (Å²) in [5.74, 6) is -0.153. The molecule has 1 amide bonds. The number of amides is 1. The molecule has 9 nitrogen and oxygen atoms in total. The van der Waals surface area contributed by atoms with Gasteiger partial charge in [0.2, 0.25) is 15.9 Å². The number of nitro groups is 1.